The molecule has 8 heteroatoms. The Labute approximate surface area is 284 Å². The molecule has 2 spiro atoms. The molecule has 4 nitrogen and oxygen atoms in total. The summed E-state index contributed by atoms with van der Waals surface area (Å²) in [5, 5.41) is 37.2. The highest BCUT2D eigenvalue weighted by molar-refractivity contribution is 7.29. The van der Waals surface area contributed by atoms with Gasteiger partial charge in [-0.25, -0.2) is 0 Å². The number of rotatable bonds is 4. The van der Waals surface area contributed by atoms with Crippen molar-refractivity contribution < 1.29 is 0 Å². The summed E-state index contributed by atoms with van der Waals surface area (Å²) in [5.74, 6) is 0. The zero-order valence-electron chi connectivity index (χ0n) is 25.1. The molecule has 0 amide bonds. The maximum absolute atomic E-state index is 9.30. The first-order chi connectivity index (χ1) is 22.5. The average Bonchev–Trinajstić information content (AvgIpc) is 3.93. The molecular formula is C38H28N4S4. The van der Waals surface area contributed by atoms with Crippen LogP contribution in [0.5, 0.6) is 0 Å². The van der Waals surface area contributed by atoms with Crippen LogP contribution in [-0.4, -0.2) is 0 Å². The molecule has 2 saturated carbocycles. The van der Waals surface area contributed by atoms with E-state index in [9.17, 15) is 21.0 Å². The fraction of sp³-hybridized carbons (Fsp3) is 0.316. The Bertz CT molecular complexity index is 2030. The van der Waals surface area contributed by atoms with Gasteiger partial charge in [0.05, 0.1) is 9.40 Å². The second-order valence-corrected chi connectivity index (χ2v) is 17.0. The number of hydrogen-bond acceptors (Lipinski definition) is 8. The van der Waals surface area contributed by atoms with Crippen molar-refractivity contribution in [1.82, 2.24) is 0 Å². The first-order valence-corrected chi connectivity index (χ1v) is 19.1. The summed E-state index contributed by atoms with van der Waals surface area (Å²) in [5.41, 5.74) is 6.31. The maximum atomic E-state index is 9.30. The number of hydrogen-bond donors (Lipinski definition) is 0. The van der Waals surface area contributed by atoms with Crippen molar-refractivity contribution in [3.8, 4) is 24.3 Å². The van der Waals surface area contributed by atoms with Crippen molar-refractivity contribution in [3.63, 3.8) is 0 Å². The summed E-state index contributed by atoms with van der Waals surface area (Å²) < 4.78 is 2.99. The van der Waals surface area contributed by atoms with Crippen LogP contribution in [0.25, 0.3) is 44.9 Å². The van der Waals surface area contributed by atoms with Crippen LogP contribution in [0, 0.1) is 45.3 Å². The van der Waals surface area contributed by atoms with Gasteiger partial charge >= 0.3 is 0 Å². The number of nitriles is 4. The van der Waals surface area contributed by atoms with Gasteiger partial charge in [-0.05, 0) is 96.5 Å². The number of fused-ring (bicyclic) bond motifs is 7. The van der Waals surface area contributed by atoms with E-state index in [-0.39, 0.29) is 22.0 Å². The topological polar surface area (TPSA) is 95.2 Å². The minimum absolute atomic E-state index is 0.0179. The second-order valence-electron chi connectivity index (χ2n) is 12.7. The van der Waals surface area contributed by atoms with Gasteiger partial charge in [0, 0.05) is 40.1 Å². The molecular weight excluding hydrogens is 641 g/mol. The number of nitrogens with zero attached hydrogens (tertiary/aromatic N) is 4. The van der Waals surface area contributed by atoms with Crippen LogP contribution in [0.2, 0.25) is 0 Å². The third kappa shape index (κ3) is 4.36. The molecule has 2 fully saturated rings. The standard InChI is InChI=1S/C38H28N4S4/c39-19-23(20-40)15-25-7-9-29(43-25)27-17-31-33(37(27)11-3-1-4-12-37)35-36(45-31)34-32(46-35)18-28(38(34)13-5-2-6-14-38)30-10-8-26(44-30)16-24(21-41)22-42/h7-10,15-18H,1-6,11-14H2. The normalized spacial score (nSPS) is 18.5. The van der Waals surface area contributed by atoms with E-state index >= 15 is 0 Å². The lowest BCUT2D eigenvalue weighted by molar-refractivity contribution is 0.375. The number of thiophene rings is 4. The minimum Gasteiger partial charge on any atom is -0.192 e. The van der Waals surface area contributed by atoms with Gasteiger partial charge in [-0.2, -0.15) is 21.0 Å². The van der Waals surface area contributed by atoms with E-state index in [0.717, 1.165) is 35.4 Å². The van der Waals surface area contributed by atoms with Gasteiger partial charge in [-0.15, -0.1) is 45.3 Å². The Kier molecular flexibility index (Phi) is 7.25. The van der Waals surface area contributed by atoms with Crippen molar-refractivity contribution in [1.29, 1.82) is 21.0 Å². The van der Waals surface area contributed by atoms with Gasteiger partial charge in [0.25, 0.3) is 0 Å². The molecule has 0 radical (unpaired) electrons. The molecule has 4 aromatic rings. The Morgan fingerprint density at radius 3 is 1.30 bits per heavy atom. The van der Waals surface area contributed by atoms with E-state index in [2.05, 4.69) is 36.4 Å². The summed E-state index contributed by atoms with van der Waals surface area (Å²) in [7, 11) is 0. The molecule has 4 aromatic heterocycles. The van der Waals surface area contributed by atoms with Crippen molar-refractivity contribution in [2.45, 2.75) is 75.0 Å². The van der Waals surface area contributed by atoms with Gasteiger partial charge in [-0.1, -0.05) is 38.5 Å². The molecule has 0 unspecified atom stereocenters. The maximum Gasteiger partial charge on any atom is 0.131 e. The first kappa shape index (κ1) is 29.4. The minimum atomic E-state index is 0.0179. The van der Waals surface area contributed by atoms with E-state index in [4.69, 9.17) is 0 Å². The SMILES string of the molecule is N#CC(C#N)=Cc1ccc(C2=Cc3sc4c5c(sc4c3C23CCCCC3)C=C(c2ccc(C=C(C#N)C#N)s2)C52CCCCC2)s1. The van der Waals surface area contributed by atoms with Crippen LogP contribution in [0.1, 0.15) is 105 Å². The Morgan fingerprint density at radius 2 is 0.935 bits per heavy atom. The summed E-state index contributed by atoms with van der Waals surface area (Å²) in [6.45, 7) is 0. The lowest BCUT2D eigenvalue weighted by Gasteiger charge is -2.37. The molecule has 4 aliphatic rings. The number of allylic oxidation sites excluding steroid dienone is 4. The zero-order valence-corrected chi connectivity index (χ0v) is 28.4. The molecule has 0 aromatic carbocycles. The zero-order chi connectivity index (χ0) is 31.5. The summed E-state index contributed by atoms with van der Waals surface area (Å²) in [6, 6.07) is 16.5. The predicted octanol–water partition coefficient (Wildman–Crippen LogP) is 11.5. The van der Waals surface area contributed by atoms with Crippen LogP contribution in [0.4, 0.5) is 0 Å². The van der Waals surface area contributed by atoms with E-state index in [1.54, 1.807) is 46.0 Å². The van der Waals surface area contributed by atoms with Gasteiger partial charge in [0.15, 0.2) is 0 Å². The van der Waals surface area contributed by atoms with Gasteiger partial charge in [0.2, 0.25) is 0 Å². The Morgan fingerprint density at radius 1 is 0.543 bits per heavy atom. The second kappa shape index (κ2) is 11.3. The summed E-state index contributed by atoms with van der Waals surface area (Å²) >= 11 is 7.40. The lowest BCUT2D eigenvalue weighted by Crippen LogP contribution is -2.28. The average molecular weight is 669 g/mol. The van der Waals surface area contributed by atoms with Crippen LogP contribution >= 0.6 is 45.3 Å². The molecule has 0 bridgehead atoms. The Hall–Kier alpha value is -4.02. The van der Waals surface area contributed by atoms with Crippen LogP contribution < -0.4 is 0 Å². The largest absolute Gasteiger partial charge is 0.192 e. The van der Waals surface area contributed by atoms with Crippen molar-refractivity contribution >= 4 is 90.2 Å². The molecule has 46 heavy (non-hydrogen) atoms. The fourth-order valence-corrected chi connectivity index (χ4v) is 13.8. The highest BCUT2D eigenvalue weighted by Crippen LogP contribution is 2.66. The van der Waals surface area contributed by atoms with E-state index < -0.39 is 0 Å². The van der Waals surface area contributed by atoms with Crippen molar-refractivity contribution in [2.75, 3.05) is 0 Å². The molecule has 0 N–H and O–H groups in total. The third-order valence-electron chi connectivity index (χ3n) is 10.4. The van der Waals surface area contributed by atoms with Crippen molar-refractivity contribution in [2.24, 2.45) is 0 Å². The smallest absolute Gasteiger partial charge is 0.131 e. The third-order valence-corrected chi connectivity index (χ3v) is 14.9. The molecule has 4 heterocycles. The molecule has 4 aliphatic carbocycles. The molecule has 224 valence electrons. The van der Waals surface area contributed by atoms with E-state index in [1.807, 2.05) is 47.0 Å². The predicted molar refractivity (Wildman–Crippen MR) is 192 cm³/mol. The monoisotopic (exact) mass is 668 g/mol. The highest BCUT2D eigenvalue weighted by atomic mass is 32.1. The molecule has 0 atom stereocenters. The summed E-state index contributed by atoms with van der Waals surface area (Å²) in [4.78, 5) is 7.27. The van der Waals surface area contributed by atoms with Gasteiger partial charge in [0.1, 0.15) is 35.4 Å². The Balaban J connectivity index is 1.25. The highest BCUT2D eigenvalue weighted by Gasteiger charge is 2.50. The van der Waals surface area contributed by atoms with E-state index in [0.29, 0.717) is 0 Å². The first-order valence-electron chi connectivity index (χ1n) is 15.8. The molecule has 8 rings (SSSR count). The van der Waals surface area contributed by atoms with Crippen LogP contribution in [0.15, 0.2) is 35.4 Å². The van der Waals surface area contributed by atoms with Crippen LogP contribution in [0.3, 0.4) is 0 Å². The lowest BCUT2D eigenvalue weighted by atomic mass is 9.66. The van der Waals surface area contributed by atoms with Crippen molar-refractivity contribution in [3.05, 3.63) is 75.8 Å². The fourth-order valence-electron chi connectivity index (χ4n) is 8.46. The molecule has 0 aliphatic heterocycles. The summed E-state index contributed by atoms with van der Waals surface area (Å²) in [6.07, 6.45) is 20.5. The van der Waals surface area contributed by atoms with Crippen LogP contribution in [-0.2, 0) is 10.8 Å². The van der Waals surface area contributed by atoms with E-state index in [1.165, 1.54) is 78.6 Å². The quantitative estimate of drug-likeness (QED) is 0.202. The molecule has 0 saturated heterocycles. The van der Waals surface area contributed by atoms with Gasteiger partial charge in [-0.3, -0.25) is 0 Å². The van der Waals surface area contributed by atoms with Gasteiger partial charge < -0.3 is 0 Å².